The fraction of sp³-hybridized carbons (Fsp3) is 0.615. The van der Waals surface area contributed by atoms with Crippen LogP contribution in [0.5, 0.6) is 0 Å². The highest BCUT2D eigenvalue weighted by Gasteiger charge is 2.54. The molecular formula is C13H18O. The number of hydrogen-bond donors (Lipinski definition) is 0. The van der Waals surface area contributed by atoms with Crippen LogP contribution in [0, 0.1) is 16.7 Å². The number of hydrogen-bond acceptors (Lipinski definition) is 1. The lowest BCUT2D eigenvalue weighted by molar-refractivity contribution is -0.133. The van der Waals surface area contributed by atoms with Gasteiger partial charge >= 0.3 is 0 Å². The maximum absolute atomic E-state index is 11.9. The van der Waals surface area contributed by atoms with Gasteiger partial charge in [-0.1, -0.05) is 25.2 Å². The molecule has 1 heteroatoms. The van der Waals surface area contributed by atoms with Crippen molar-refractivity contribution in [3.05, 3.63) is 24.8 Å². The molecule has 3 unspecified atom stereocenters. The smallest absolute Gasteiger partial charge is 0.142 e. The lowest BCUT2D eigenvalue weighted by Gasteiger charge is -2.43. The van der Waals surface area contributed by atoms with Gasteiger partial charge in [-0.3, -0.25) is 4.79 Å². The Kier molecular flexibility index (Phi) is 1.95. The zero-order valence-electron chi connectivity index (χ0n) is 9.05. The van der Waals surface area contributed by atoms with Crippen LogP contribution < -0.4 is 0 Å². The summed E-state index contributed by atoms with van der Waals surface area (Å²) in [4.78, 5) is 11.9. The van der Waals surface area contributed by atoms with Crippen LogP contribution in [0.4, 0.5) is 0 Å². The average molecular weight is 190 g/mol. The number of allylic oxidation sites excluding steroid dienone is 3. The van der Waals surface area contributed by atoms with E-state index in [1.54, 1.807) is 0 Å². The molecule has 2 aliphatic rings. The summed E-state index contributed by atoms with van der Waals surface area (Å²) >= 11 is 0. The van der Waals surface area contributed by atoms with E-state index in [2.05, 4.69) is 32.6 Å². The van der Waals surface area contributed by atoms with Crippen molar-refractivity contribution >= 4 is 5.78 Å². The molecule has 0 aromatic rings. The molecule has 14 heavy (non-hydrogen) atoms. The summed E-state index contributed by atoms with van der Waals surface area (Å²) in [7, 11) is 0. The Balaban J connectivity index is 2.40. The topological polar surface area (TPSA) is 17.1 Å². The Morgan fingerprint density at radius 3 is 2.93 bits per heavy atom. The third-order valence-electron chi connectivity index (χ3n) is 4.22. The van der Waals surface area contributed by atoms with Crippen LogP contribution in [0.1, 0.15) is 33.1 Å². The number of ketones is 1. The van der Waals surface area contributed by atoms with Crippen LogP contribution in [-0.2, 0) is 4.79 Å². The third kappa shape index (κ3) is 1.05. The van der Waals surface area contributed by atoms with E-state index in [-0.39, 0.29) is 10.8 Å². The fourth-order valence-corrected chi connectivity index (χ4v) is 3.16. The predicted molar refractivity (Wildman–Crippen MR) is 57.9 cm³/mol. The van der Waals surface area contributed by atoms with Crippen molar-refractivity contribution in [2.45, 2.75) is 33.1 Å². The van der Waals surface area contributed by atoms with Crippen molar-refractivity contribution in [2.75, 3.05) is 0 Å². The number of carbonyl (C=O) groups is 1. The largest absolute Gasteiger partial charge is 0.299 e. The SMILES string of the molecule is C=CCC1C2(C)C=CC1(C)C(=O)CC2. The molecule has 0 aliphatic heterocycles. The van der Waals surface area contributed by atoms with E-state index in [1.807, 2.05) is 6.08 Å². The summed E-state index contributed by atoms with van der Waals surface area (Å²) in [6.45, 7) is 8.16. The molecule has 0 radical (unpaired) electrons. The minimum atomic E-state index is -0.207. The monoisotopic (exact) mass is 190 g/mol. The van der Waals surface area contributed by atoms with Crippen LogP contribution in [0.3, 0.4) is 0 Å². The van der Waals surface area contributed by atoms with Crippen LogP contribution >= 0.6 is 0 Å². The van der Waals surface area contributed by atoms with Crippen LogP contribution in [0.15, 0.2) is 24.8 Å². The normalized spacial score (nSPS) is 45.6. The number of carbonyl (C=O) groups excluding carboxylic acids is 1. The molecule has 0 amide bonds. The van der Waals surface area contributed by atoms with E-state index in [9.17, 15) is 4.79 Å². The average Bonchev–Trinajstić information content (AvgIpc) is 2.34. The lowest BCUT2D eigenvalue weighted by atomic mass is 9.59. The number of rotatable bonds is 2. The maximum atomic E-state index is 11.9. The summed E-state index contributed by atoms with van der Waals surface area (Å²) in [6.07, 6.45) is 9.05. The minimum Gasteiger partial charge on any atom is -0.299 e. The number of Topliss-reactive ketones (excluding diaryl/α,β-unsaturated/α-hetero) is 1. The van der Waals surface area contributed by atoms with E-state index in [4.69, 9.17) is 0 Å². The summed E-state index contributed by atoms with van der Waals surface area (Å²) in [5, 5.41) is 0. The fourth-order valence-electron chi connectivity index (χ4n) is 3.16. The molecule has 1 saturated carbocycles. The minimum absolute atomic E-state index is 0.207. The van der Waals surface area contributed by atoms with Gasteiger partial charge in [-0.15, -0.1) is 6.58 Å². The van der Waals surface area contributed by atoms with Gasteiger partial charge < -0.3 is 0 Å². The maximum Gasteiger partial charge on any atom is 0.142 e. The third-order valence-corrected chi connectivity index (χ3v) is 4.22. The second-order valence-electron chi connectivity index (χ2n) is 5.12. The molecule has 2 rings (SSSR count). The lowest BCUT2D eigenvalue weighted by Crippen LogP contribution is -2.42. The van der Waals surface area contributed by atoms with Crippen molar-refractivity contribution in [3.63, 3.8) is 0 Å². The second-order valence-corrected chi connectivity index (χ2v) is 5.12. The predicted octanol–water partition coefficient (Wildman–Crippen LogP) is 3.12. The molecule has 1 nitrogen and oxygen atoms in total. The van der Waals surface area contributed by atoms with Crippen LogP contribution in [0.2, 0.25) is 0 Å². The van der Waals surface area contributed by atoms with Gasteiger partial charge in [-0.05, 0) is 31.1 Å². The first-order valence-electron chi connectivity index (χ1n) is 5.37. The van der Waals surface area contributed by atoms with Gasteiger partial charge in [0.15, 0.2) is 0 Å². The highest BCUT2D eigenvalue weighted by molar-refractivity contribution is 5.89. The van der Waals surface area contributed by atoms with Crippen molar-refractivity contribution in [1.29, 1.82) is 0 Å². The van der Waals surface area contributed by atoms with Crippen molar-refractivity contribution in [2.24, 2.45) is 16.7 Å². The molecule has 0 spiro atoms. The Bertz CT molecular complexity index is 315. The summed E-state index contributed by atoms with van der Waals surface area (Å²) in [5.41, 5.74) is 0.0258. The molecule has 76 valence electrons. The first kappa shape index (κ1) is 9.70. The standard InChI is InChI=1S/C13H18O/c1-4-5-10-12(2)7-6-11(14)13(10,3)9-8-12/h4,8-10H,1,5-7H2,2-3H3. The van der Waals surface area contributed by atoms with E-state index in [0.717, 1.165) is 19.3 Å². The van der Waals surface area contributed by atoms with Crippen LogP contribution in [0.25, 0.3) is 0 Å². The molecular weight excluding hydrogens is 172 g/mol. The molecule has 0 saturated heterocycles. The molecule has 0 aromatic carbocycles. The first-order valence-corrected chi connectivity index (χ1v) is 5.37. The van der Waals surface area contributed by atoms with Crippen molar-refractivity contribution in [1.82, 2.24) is 0 Å². The first-order chi connectivity index (χ1) is 6.53. The zero-order valence-corrected chi connectivity index (χ0v) is 9.05. The molecule has 3 atom stereocenters. The highest BCUT2D eigenvalue weighted by Crippen LogP contribution is 2.57. The summed E-state index contributed by atoms with van der Waals surface area (Å²) < 4.78 is 0. The van der Waals surface area contributed by atoms with Gasteiger partial charge in [0.2, 0.25) is 0 Å². The second kappa shape index (κ2) is 2.82. The van der Waals surface area contributed by atoms with Gasteiger partial charge in [0.05, 0.1) is 0 Å². The van der Waals surface area contributed by atoms with E-state index in [1.165, 1.54) is 0 Å². The van der Waals surface area contributed by atoms with E-state index < -0.39 is 0 Å². The molecule has 0 aromatic heterocycles. The van der Waals surface area contributed by atoms with Gasteiger partial charge in [0.1, 0.15) is 5.78 Å². The van der Waals surface area contributed by atoms with Gasteiger partial charge in [0.25, 0.3) is 0 Å². The number of fused-ring (bicyclic) bond motifs is 2. The molecule has 2 bridgehead atoms. The summed E-state index contributed by atoms with van der Waals surface area (Å²) in [6, 6.07) is 0. The Hall–Kier alpha value is -0.850. The van der Waals surface area contributed by atoms with Gasteiger partial charge in [-0.25, -0.2) is 0 Å². The van der Waals surface area contributed by atoms with Crippen molar-refractivity contribution in [3.8, 4) is 0 Å². The van der Waals surface area contributed by atoms with Gasteiger partial charge in [-0.2, -0.15) is 0 Å². The molecule has 2 aliphatic carbocycles. The Labute approximate surface area is 85.9 Å². The van der Waals surface area contributed by atoms with Crippen molar-refractivity contribution < 1.29 is 4.79 Å². The van der Waals surface area contributed by atoms with E-state index in [0.29, 0.717) is 11.7 Å². The molecule has 0 N–H and O–H groups in total. The molecule has 1 fully saturated rings. The summed E-state index contributed by atoms with van der Waals surface area (Å²) in [5.74, 6) is 0.851. The Morgan fingerprint density at radius 2 is 2.29 bits per heavy atom. The highest BCUT2D eigenvalue weighted by atomic mass is 16.1. The van der Waals surface area contributed by atoms with E-state index >= 15 is 0 Å². The molecule has 0 heterocycles. The zero-order chi connectivity index (χ0) is 10.4. The quantitative estimate of drug-likeness (QED) is 0.611. The van der Waals surface area contributed by atoms with Crippen LogP contribution in [-0.4, -0.2) is 5.78 Å². The Morgan fingerprint density at radius 1 is 1.57 bits per heavy atom. The van der Waals surface area contributed by atoms with Gasteiger partial charge in [0, 0.05) is 11.8 Å².